The van der Waals surface area contributed by atoms with Crippen LogP contribution in [-0.2, 0) is 39.5 Å². The number of hydrogen-bond acceptors (Lipinski definition) is 14. The van der Waals surface area contributed by atoms with E-state index in [1.54, 1.807) is 30.3 Å². The zero-order valence-corrected chi connectivity index (χ0v) is 55.6. The molecule has 2 aliphatic rings. The van der Waals surface area contributed by atoms with Gasteiger partial charge < -0.3 is 59.1 Å². The maximum absolute atomic E-state index is 13.1. The van der Waals surface area contributed by atoms with E-state index in [4.69, 9.17) is 28.4 Å². The number of hydrogen-bond donors (Lipinski definition) is 6. The van der Waals surface area contributed by atoms with Crippen molar-refractivity contribution in [3.63, 3.8) is 0 Å². The number of aromatic hydroxyl groups is 2. The standard InChI is InChI=1S/C36H47F5O9S.C32H39F5O7S/c1-33(25-10-12-26(13-11-25)49-23-46-2)22-48-30-21-27(50-24-47-3)14-15-28(30)29(33)9-4-5-16-34(31(42)43,32(44)45)17-6-7-19-51-20-8-18-35(37,38)36(39,40)41;1-29(21-8-10-22(38)11-9-21)20-44-26-19-23(39)12-13-24(26)25(29)7-2-3-14-30(27(40)41,28(42)43)15-4-5-17-45-18-6-16-31(33,34)32(35,36)37/h10-15,21,29H,4-9,16-20,22-24H2,1-3H3,(H,42,43)(H,44,45);8-13,19,25,38-39H,2-7,14-18,20H2,1H3,(H,40,41)(H,42,43)/t29-,33-;25-,29-/m11/s1. The SMILES string of the molecule is COCOc1ccc([C@@]2(C)COc3cc(OCOC)ccc3[C@H]2CCCCC(CCCCSCCCC(F)(F)C(F)(F)F)(C(=O)O)C(=O)O)cc1.C[C@]1(c2ccc(O)cc2)COc2cc(O)ccc2[C@H]1CCCCC(CCCCSCCCC(F)(F)C(F)(F)F)(C(=O)O)C(=O)O. The van der Waals surface area contributed by atoms with E-state index in [0.29, 0.717) is 92.5 Å². The molecule has 4 atom stereocenters. The molecule has 0 fully saturated rings. The van der Waals surface area contributed by atoms with Crippen LogP contribution in [0.15, 0.2) is 84.9 Å². The molecule has 536 valence electrons. The van der Waals surface area contributed by atoms with Crippen LogP contribution in [-0.4, -0.2) is 143 Å². The van der Waals surface area contributed by atoms with Gasteiger partial charge in [-0.05, 0) is 146 Å². The highest BCUT2D eigenvalue weighted by Crippen LogP contribution is 2.53. The Bertz CT molecular complexity index is 3090. The number of methoxy groups -OCH3 is 2. The van der Waals surface area contributed by atoms with Gasteiger partial charge in [0.1, 0.15) is 34.5 Å². The molecule has 4 aromatic rings. The number of aliphatic carboxylic acids is 4. The van der Waals surface area contributed by atoms with Crippen molar-refractivity contribution in [3.05, 3.63) is 107 Å². The maximum Gasteiger partial charge on any atom is 0.453 e. The molecule has 0 saturated carbocycles. The fourth-order valence-corrected chi connectivity index (χ4v) is 14.1. The number of carboxylic acid groups (broad SMARTS) is 4. The summed E-state index contributed by atoms with van der Waals surface area (Å²) in [6.45, 7) is 4.92. The predicted octanol–water partition coefficient (Wildman–Crippen LogP) is 16.8. The average Bonchev–Trinajstić information content (AvgIpc) is 0.758. The molecule has 16 nitrogen and oxygen atoms in total. The Morgan fingerprint density at radius 3 is 1.20 bits per heavy atom. The topological polar surface area (TPSA) is 245 Å². The molecule has 0 spiro atoms. The molecule has 0 bridgehead atoms. The van der Waals surface area contributed by atoms with E-state index >= 15 is 0 Å². The summed E-state index contributed by atoms with van der Waals surface area (Å²) in [6, 6.07) is 24.9. The molecule has 0 unspecified atom stereocenters. The Balaban J connectivity index is 0.000000350. The number of alkyl halides is 10. The number of carbonyl (C=O) groups is 4. The molecule has 2 heterocycles. The Kier molecular flexibility index (Phi) is 29.9. The highest BCUT2D eigenvalue weighted by molar-refractivity contribution is 7.99. The first-order valence-corrected chi connectivity index (χ1v) is 33.8. The highest BCUT2D eigenvalue weighted by atomic mass is 32.2. The second-order valence-corrected chi connectivity index (χ2v) is 27.2. The highest BCUT2D eigenvalue weighted by Gasteiger charge is 2.57. The number of thioether (sulfide) groups is 2. The van der Waals surface area contributed by atoms with Crippen LogP contribution in [0.4, 0.5) is 43.9 Å². The molecule has 0 aromatic heterocycles. The summed E-state index contributed by atoms with van der Waals surface area (Å²) in [5.74, 6) is -12.0. The van der Waals surface area contributed by atoms with E-state index in [1.807, 2.05) is 55.5 Å². The third-order valence-electron chi connectivity index (χ3n) is 18.1. The normalized spacial score (nSPS) is 18.2. The molecule has 4 aromatic carbocycles. The molecule has 2 aliphatic heterocycles. The summed E-state index contributed by atoms with van der Waals surface area (Å²) in [5, 5.41) is 59.8. The van der Waals surface area contributed by atoms with Crippen molar-refractivity contribution in [2.75, 3.05) is 64.0 Å². The number of benzene rings is 4. The van der Waals surface area contributed by atoms with Gasteiger partial charge in [0.05, 0.1) is 13.2 Å². The molecule has 0 saturated heterocycles. The van der Waals surface area contributed by atoms with E-state index in [2.05, 4.69) is 6.92 Å². The zero-order chi connectivity index (χ0) is 71.2. The first-order valence-electron chi connectivity index (χ1n) is 31.5. The average molecular weight is 1410 g/mol. The van der Waals surface area contributed by atoms with Gasteiger partial charge >= 0.3 is 48.1 Å². The number of rotatable bonds is 40. The molecule has 28 heteroatoms. The van der Waals surface area contributed by atoms with E-state index in [-0.39, 0.29) is 106 Å². The van der Waals surface area contributed by atoms with Gasteiger partial charge in [-0.3, -0.25) is 19.2 Å². The van der Waals surface area contributed by atoms with Crippen LogP contribution in [0.2, 0.25) is 0 Å². The zero-order valence-electron chi connectivity index (χ0n) is 54.0. The van der Waals surface area contributed by atoms with Crippen LogP contribution in [0, 0.1) is 10.8 Å². The Labute approximate surface area is 560 Å². The van der Waals surface area contributed by atoms with Crippen molar-refractivity contribution in [2.45, 2.75) is 176 Å². The molecule has 96 heavy (non-hydrogen) atoms. The number of halogens is 10. The lowest BCUT2D eigenvalue weighted by Gasteiger charge is -2.43. The first kappa shape index (κ1) is 80.2. The van der Waals surface area contributed by atoms with Crippen molar-refractivity contribution in [1.82, 2.24) is 0 Å². The Hall–Kier alpha value is -6.52. The fourth-order valence-electron chi connectivity index (χ4n) is 12.2. The van der Waals surface area contributed by atoms with Gasteiger partial charge in [0, 0.05) is 61.9 Å². The van der Waals surface area contributed by atoms with Crippen molar-refractivity contribution in [2.24, 2.45) is 10.8 Å². The number of ether oxygens (including phenoxy) is 6. The van der Waals surface area contributed by atoms with Crippen molar-refractivity contribution in [3.8, 4) is 34.5 Å². The summed E-state index contributed by atoms with van der Waals surface area (Å²) in [4.78, 5) is 49.3. The minimum atomic E-state index is -5.58. The van der Waals surface area contributed by atoms with E-state index in [0.717, 1.165) is 22.3 Å². The van der Waals surface area contributed by atoms with Gasteiger partial charge in [0.15, 0.2) is 24.4 Å². The lowest BCUT2D eigenvalue weighted by atomic mass is 9.66. The largest absolute Gasteiger partial charge is 0.508 e. The van der Waals surface area contributed by atoms with Crippen LogP contribution >= 0.6 is 23.5 Å². The quantitative estimate of drug-likeness (QED) is 0.0105. The molecular weight excluding hydrogens is 1330 g/mol. The van der Waals surface area contributed by atoms with Crippen molar-refractivity contribution >= 4 is 47.4 Å². The minimum Gasteiger partial charge on any atom is -0.508 e. The van der Waals surface area contributed by atoms with Gasteiger partial charge in [0.2, 0.25) is 0 Å². The van der Waals surface area contributed by atoms with Crippen molar-refractivity contribution in [1.29, 1.82) is 0 Å². The van der Waals surface area contributed by atoms with E-state index < -0.39 is 82.6 Å². The monoisotopic (exact) mass is 1410 g/mol. The van der Waals surface area contributed by atoms with Gasteiger partial charge in [0.25, 0.3) is 0 Å². The van der Waals surface area contributed by atoms with Gasteiger partial charge in [-0.1, -0.05) is 88.8 Å². The van der Waals surface area contributed by atoms with Crippen LogP contribution in [0.3, 0.4) is 0 Å². The van der Waals surface area contributed by atoms with Gasteiger partial charge in [-0.25, -0.2) is 0 Å². The van der Waals surface area contributed by atoms with Gasteiger partial charge in [-0.2, -0.15) is 67.4 Å². The fraction of sp³-hybridized carbons (Fsp3) is 0.588. The minimum absolute atomic E-state index is 0.0508. The van der Waals surface area contributed by atoms with Crippen LogP contribution in [0.25, 0.3) is 0 Å². The predicted molar refractivity (Wildman–Crippen MR) is 340 cm³/mol. The summed E-state index contributed by atoms with van der Waals surface area (Å²) >= 11 is 2.35. The number of phenolic OH excluding ortho intramolecular Hbond substituents is 2. The summed E-state index contributed by atoms with van der Waals surface area (Å²) < 4.78 is 159. The van der Waals surface area contributed by atoms with Crippen LogP contribution in [0.5, 0.6) is 34.5 Å². The summed E-state index contributed by atoms with van der Waals surface area (Å²) in [7, 11) is 3.06. The van der Waals surface area contributed by atoms with Crippen LogP contribution < -0.4 is 18.9 Å². The molecule has 0 aliphatic carbocycles. The molecule has 0 radical (unpaired) electrons. The van der Waals surface area contributed by atoms with Crippen molar-refractivity contribution < 1.29 is 122 Å². The third kappa shape index (κ3) is 21.2. The maximum atomic E-state index is 13.1. The summed E-state index contributed by atoms with van der Waals surface area (Å²) in [6.07, 6.45) is -10.9. The lowest BCUT2D eigenvalue weighted by molar-refractivity contribution is -0.284. The number of carboxylic acids is 4. The number of fused-ring (bicyclic) bond motifs is 2. The number of phenols is 2. The second-order valence-electron chi connectivity index (χ2n) is 24.7. The third-order valence-corrected chi connectivity index (χ3v) is 20.4. The molecular formula is C68H86F10O16S2. The lowest BCUT2D eigenvalue weighted by Crippen LogP contribution is -2.41. The van der Waals surface area contributed by atoms with Gasteiger partial charge in [-0.15, -0.1) is 0 Å². The molecule has 0 amide bonds. The second kappa shape index (κ2) is 35.8. The molecule has 6 N–H and O–H groups in total. The summed E-state index contributed by atoms with van der Waals surface area (Å²) in [5.41, 5.74) is -1.34. The smallest absolute Gasteiger partial charge is 0.453 e. The van der Waals surface area contributed by atoms with E-state index in [9.17, 15) is 93.7 Å². The Morgan fingerprint density at radius 1 is 0.458 bits per heavy atom. The first-order chi connectivity index (χ1) is 45.1. The Morgan fingerprint density at radius 2 is 0.802 bits per heavy atom. The number of unbranched alkanes of at least 4 members (excludes halogenated alkanes) is 4. The molecule has 6 rings (SSSR count). The van der Waals surface area contributed by atoms with E-state index in [1.165, 1.54) is 43.8 Å². The van der Waals surface area contributed by atoms with Crippen LogP contribution in [0.1, 0.15) is 164 Å².